The average Bonchev–Trinajstić information content (AvgIpc) is 2.38. The lowest BCUT2D eigenvalue weighted by Gasteiger charge is -2.17. The fourth-order valence-electron chi connectivity index (χ4n) is 1.96. The molecule has 0 bridgehead atoms. The molecule has 0 radical (unpaired) electrons. The molecule has 0 spiro atoms. The Hall–Kier alpha value is -1.61. The third kappa shape index (κ3) is 2.74. The van der Waals surface area contributed by atoms with E-state index >= 15 is 0 Å². The number of anilines is 1. The van der Waals surface area contributed by atoms with Crippen molar-refractivity contribution in [3.05, 3.63) is 36.5 Å². The van der Waals surface area contributed by atoms with Crippen molar-refractivity contribution in [2.45, 2.75) is 25.8 Å². The Labute approximate surface area is 102 Å². The van der Waals surface area contributed by atoms with E-state index in [1.807, 2.05) is 24.4 Å². The van der Waals surface area contributed by atoms with E-state index in [-0.39, 0.29) is 12.6 Å². The van der Waals surface area contributed by atoms with Crippen molar-refractivity contribution in [2.75, 3.05) is 11.9 Å². The van der Waals surface area contributed by atoms with E-state index in [1.54, 1.807) is 0 Å². The zero-order valence-corrected chi connectivity index (χ0v) is 10.1. The number of pyridine rings is 1. The molecule has 0 aliphatic carbocycles. The Kier molecular flexibility index (Phi) is 3.94. The molecule has 2 rings (SSSR count). The molecule has 3 nitrogen and oxygen atoms in total. The van der Waals surface area contributed by atoms with E-state index in [9.17, 15) is 0 Å². The number of aromatic nitrogens is 1. The molecule has 3 heteroatoms. The monoisotopic (exact) mass is 230 g/mol. The second kappa shape index (κ2) is 5.64. The molecule has 2 N–H and O–H groups in total. The number of fused-ring (bicyclic) bond motifs is 1. The third-order valence-electron chi connectivity index (χ3n) is 2.98. The van der Waals surface area contributed by atoms with Crippen LogP contribution in [-0.4, -0.2) is 22.7 Å². The van der Waals surface area contributed by atoms with E-state index < -0.39 is 0 Å². The molecule has 1 aromatic carbocycles. The van der Waals surface area contributed by atoms with E-state index in [0.29, 0.717) is 0 Å². The lowest BCUT2D eigenvalue weighted by Crippen LogP contribution is -2.20. The van der Waals surface area contributed by atoms with Crippen LogP contribution >= 0.6 is 0 Å². The zero-order chi connectivity index (χ0) is 12.1. The smallest absolute Gasteiger partial charge is 0.134 e. The predicted molar refractivity (Wildman–Crippen MR) is 71.1 cm³/mol. The highest BCUT2D eigenvalue weighted by atomic mass is 16.3. The molecule has 0 amide bonds. The van der Waals surface area contributed by atoms with Crippen LogP contribution in [0.4, 0.5) is 5.82 Å². The summed E-state index contributed by atoms with van der Waals surface area (Å²) in [5.41, 5.74) is 0. The molecule has 0 aliphatic heterocycles. The van der Waals surface area contributed by atoms with Gasteiger partial charge in [-0.3, -0.25) is 0 Å². The molecular formula is C14H18N2O. The summed E-state index contributed by atoms with van der Waals surface area (Å²) in [7, 11) is 0. The van der Waals surface area contributed by atoms with Gasteiger partial charge in [-0.05, 0) is 24.3 Å². The Balaban J connectivity index is 2.28. The highest BCUT2D eigenvalue weighted by Gasteiger charge is 2.08. The fourth-order valence-corrected chi connectivity index (χ4v) is 1.96. The molecule has 1 aromatic heterocycles. The van der Waals surface area contributed by atoms with Crippen LogP contribution in [0.25, 0.3) is 10.8 Å². The number of benzene rings is 1. The fraction of sp³-hybridized carbons (Fsp3) is 0.357. The highest BCUT2D eigenvalue weighted by molar-refractivity contribution is 5.91. The van der Waals surface area contributed by atoms with Gasteiger partial charge < -0.3 is 10.4 Å². The van der Waals surface area contributed by atoms with Gasteiger partial charge in [0.2, 0.25) is 0 Å². The van der Waals surface area contributed by atoms with Crippen LogP contribution in [0.2, 0.25) is 0 Å². The number of hydrogen-bond donors (Lipinski definition) is 2. The number of nitrogens with zero attached hydrogens (tertiary/aromatic N) is 1. The van der Waals surface area contributed by atoms with Crippen LogP contribution in [0.15, 0.2) is 36.5 Å². The lowest BCUT2D eigenvalue weighted by atomic mass is 10.1. The van der Waals surface area contributed by atoms with Crippen LogP contribution in [0.1, 0.15) is 19.8 Å². The van der Waals surface area contributed by atoms with E-state index in [0.717, 1.165) is 24.0 Å². The van der Waals surface area contributed by atoms with Crippen LogP contribution in [0.5, 0.6) is 0 Å². The normalized spacial score (nSPS) is 12.6. The second-order valence-corrected chi connectivity index (χ2v) is 4.14. The van der Waals surface area contributed by atoms with Gasteiger partial charge in [-0.25, -0.2) is 4.98 Å². The molecule has 2 aromatic rings. The van der Waals surface area contributed by atoms with Gasteiger partial charge in [0.25, 0.3) is 0 Å². The lowest BCUT2D eigenvalue weighted by molar-refractivity contribution is 0.278. The largest absolute Gasteiger partial charge is 0.396 e. The van der Waals surface area contributed by atoms with Crippen molar-refractivity contribution in [3.8, 4) is 0 Å². The molecular weight excluding hydrogens is 212 g/mol. The minimum atomic E-state index is 0.205. The van der Waals surface area contributed by atoms with Crippen molar-refractivity contribution < 1.29 is 5.11 Å². The summed E-state index contributed by atoms with van der Waals surface area (Å²) in [5.74, 6) is 0.906. The molecule has 0 aliphatic rings. The first-order valence-electron chi connectivity index (χ1n) is 6.06. The summed E-state index contributed by atoms with van der Waals surface area (Å²) >= 11 is 0. The maximum absolute atomic E-state index is 9.00. The van der Waals surface area contributed by atoms with Gasteiger partial charge in [0.05, 0.1) is 0 Å². The Morgan fingerprint density at radius 2 is 2.12 bits per heavy atom. The molecule has 0 saturated carbocycles. The standard InChI is InChI=1S/C14H18N2O/c1-2-12(8-10-17)16-14-13-6-4-3-5-11(13)7-9-15-14/h3-7,9,12,17H,2,8,10H2,1H3,(H,15,16). The summed E-state index contributed by atoms with van der Waals surface area (Å²) < 4.78 is 0. The molecule has 17 heavy (non-hydrogen) atoms. The van der Waals surface area contributed by atoms with Gasteiger partial charge in [-0.2, -0.15) is 0 Å². The first-order valence-corrected chi connectivity index (χ1v) is 6.06. The van der Waals surface area contributed by atoms with Crippen molar-refractivity contribution in [1.29, 1.82) is 0 Å². The van der Waals surface area contributed by atoms with Crippen molar-refractivity contribution in [3.63, 3.8) is 0 Å². The van der Waals surface area contributed by atoms with E-state index in [2.05, 4.69) is 29.4 Å². The summed E-state index contributed by atoms with van der Waals surface area (Å²) in [6.45, 7) is 2.31. The maximum Gasteiger partial charge on any atom is 0.134 e. The summed E-state index contributed by atoms with van der Waals surface area (Å²) in [6, 6.07) is 10.5. The first-order chi connectivity index (χ1) is 8.35. The quantitative estimate of drug-likeness (QED) is 0.830. The topological polar surface area (TPSA) is 45.1 Å². The van der Waals surface area contributed by atoms with Gasteiger partial charge in [-0.1, -0.05) is 31.2 Å². The Morgan fingerprint density at radius 1 is 1.29 bits per heavy atom. The van der Waals surface area contributed by atoms with Crippen LogP contribution in [0, 0.1) is 0 Å². The van der Waals surface area contributed by atoms with Crippen molar-refractivity contribution in [2.24, 2.45) is 0 Å². The molecule has 1 atom stereocenters. The van der Waals surface area contributed by atoms with Crippen LogP contribution < -0.4 is 5.32 Å². The molecule has 1 heterocycles. The maximum atomic E-state index is 9.00. The Morgan fingerprint density at radius 3 is 2.88 bits per heavy atom. The number of rotatable bonds is 5. The predicted octanol–water partition coefficient (Wildman–Crippen LogP) is 2.81. The number of hydrogen-bond acceptors (Lipinski definition) is 3. The second-order valence-electron chi connectivity index (χ2n) is 4.14. The SMILES string of the molecule is CCC(CCO)Nc1nccc2ccccc12. The van der Waals surface area contributed by atoms with Gasteiger partial charge in [-0.15, -0.1) is 0 Å². The van der Waals surface area contributed by atoms with Crippen molar-refractivity contribution >= 4 is 16.6 Å². The van der Waals surface area contributed by atoms with Gasteiger partial charge in [0.15, 0.2) is 0 Å². The first kappa shape index (κ1) is 11.9. The van der Waals surface area contributed by atoms with Gasteiger partial charge >= 0.3 is 0 Å². The van der Waals surface area contributed by atoms with E-state index in [1.165, 1.54) is 5.39 Å². The van der Waals surface area contributed by atoms with E-state index in [4.69, 9.17) is 5.11 Å². The Bertz CT molecular complexity index is 479. The molecule has 1 unspecified atom stereocenters. The third-order valence-corrected chi connectivity index (χ3v) is 2.98. The molecule has 0 fully saturated rings. The molecule has 0 saturated heterocycles. The molecule has 90 valence electrons. The highest BCUT2D eigenvalue weighted by Crippen LogP contribution is 2.21. The van der Waals surface area contributed by atoms with Gasteiger partial charge in [0.1, 0.15) is 5.82 Å². The summed E-state index contributed by atoms with van der Waals surface area (Å²) in [6.07, 6.45) is 3.54. The van der Waals surface area contributed by atoms with Crippen molar-refractivity contribution in [1.82, 2.24) is 4.98 Å². The van der Waals surface area contributed by atoms with Crippen LogP contribution in [0.3, 0.4) is 0 Å². The average molecular weight is 230 g/mol. The minimum Gasteiger partial charge on any atom is -0.396 e. The number of nitrogens with one attached hydrogen (secondary N) is 1. The van der Waals surface area contributed by atoms with Gasteiger partial charge in [0, 0.05) is 24.2 Å². The summed E-state index contributed by atoms with van der Waals surface area (Å²) in [4.78, 5) is 4.38. The summed E-state index contributed by atoms with van der Waals surface area (Å²) in [5, 5.41) is 14.7. The zero-order valence-electron chi connectivity index (χ0n) is 10.1. The number of aliphatic hydroxyl groups is 1. The minimum absolute atomic E-state index is 0.205. The van der Waals surface area contributed by atoms with Crippen LogP contribution in [-0.2, 0) is 0 Å². The number of aliphatic hydroxyl groups excluding tert-OH is 1.